The Morgan fingerprint density at radius 3 is 2.64 bits per heavy atom. The average molecular weight is 355 g/mol. The lowest BCUT2D eigenvalue weighted by atomic mass is 10.2. The number of amides is 1. The summed E-state index contributed by atoms with van der Waals surface area (Å²) in [5, 5.41) is 4.58. The number of carbonyl (C=O) groups excluding carboxylic acids is 1. The van der Waals surface area contributed by atoms with Crippen molar-refractivity contribution in [2.75, 3.05) is 7.11 Å². The number of methoxy groups -OCH3 is 1. The summed E-state index contributed by atoms with van der Waals surface area (Å²) >= 11 is 5.87. The van der Waals surface area contributed by atoms with Crippen LogP contribution in [0.25, 0.3) is 11.3 Å². The number of hydrogen-bond acceptors (Lipinski definition) is 4. The van der Waals surface area contributed by atoms with Gasteiger partial charge in [0.25, 0.3) is 5.91 Å². The molecular formula is C19H15ClN2O3. The number of nitrogens with one attached hydrogen (secondary N) is 1. The Bertz CT molecular complexity index is 901. The second-order valence-electron chi connectivity index (χ2n) is 5.11. The molecule has 5 nitrogen and oxygen atoms in total. The number of benzene rings is 2. The molecule has 0 saturated carbocycles. The number of para-hydroxylation sites is 1. The summed E-state index contributed by atoms with van der Waals surface area (Å²) in [4.78, 5) is 12.1. The van der Waals surface area contributed by atoms with Gasteiger partial charge in [0.1, 0.15) is 17.3 Å². The van der Waals surface area contributed by atoms with Crippen molar-refractivity contribution in [3.63, 3.8) is 0 Å². The van der Waals surface area contributed by atoms with Crippen molar-refractivity contribution in [1.29, 1.82) is 0 Å². The van der Waals surface area contributed by atoms with Crippen LogP contribution in [-0.4, -0.2) is 19.2 Å². The van der Waals surface area contributed by atoms with Crippen molar-refractivity contribution in [3.8, 4) is 17.1 Å². The molecular weight excluding hydrogens is 340 g/mol. The lowest BCUT2D eigenvalue weighted by Crippen LogP contribution is -2.18. The molecule has 1 aromatic heterocycles. The number of ether oxygens (including phenoxy) is 1. The predicted molar refractivity (Wildman–Crippen MR) is 97.2 cm³/mol. The summed E-state index contributed by atoms with van der Waals surface area (Å²) in [5.41, 5.74) is 3.76. The first-order valence-corrected chi connectivity index (χ1v) is 7.87. The number of hydrazone groups is 1. The number of nitrogens with zero attached hydrogens (tertiary/aromatic N) is 1. The Morgan fingerprint density at radius 2 is 1.88 bits per heavy atom. The van der Waals surface area contributed by atoms with Gasteiger partial charge in [-0.2, -0.15) is 5.10 Å². The van der Waals surface area contributed by atoms with E-state index in [9.17, 15) is 4.79 Å². The molecule has 0 saturated heterocycles. The molecule has 1 N–H and O–H groups in total. The largest absolute Gasteiger partial charge is 0.496 e. The van der Waals surface area contributed by atoms with E-state index in [0.717, 1.165) is 5.56 Å². The fourth-order valence-electron chi connectivity index (χ4n) is 2.24. The summed E-state index contributed by atoms with van der Waals surface area (Å²) in [6, 6.07) is 17.8. The van der Waals surface area contributed by atoms with Crippen LogP contribution in [-0.2, 0) is 0 Å². The minimum atomic E-state index is -0.363. The van der Waals surface area contributed by atoms with E-state index in [1.54, 1.807) is 42.5 Å². The van der Waals surface area contributed by atoms with Crippen LogP contribution in [0.2, 0.25) is 5.02 Å². The molecule has 0 radical (unpaired) electrons. The van der Waals surface area contributed by atoms with Crippen molar-refractivity contribution in [3.05, 3.63) is 77.0 Å². The fraction of sp³-hybridized carbons (Fsp3) is 0.0526. The third-order valence-corrected chi connectivity index (χ3v) is 3.72. The van der Waals surface area contributed by atoms with E-state index in [2.05, 4.69) is 10.5 Å². The normalized spacial score (nSPS) is 10.8. The molecule has 0 atom stereocenters. The molecule has 0 unspecified atom stereocenters. The fourth-order valence-corrected chi connectivity index (χ4v) is 2.36. The molecule has 0 bridgehead atoms. The van der Waals surface area contributed by atoms with E-state index in [1.807, 2.05) is 18.2 Å². The molecule has 126 valence electrons. The highest BCUT2D eigenvalue weighted by atomic mass is 35.5. The van der Waals surface area contributed by atoms with E-state index in [0.29, 0.717) is 27.9 Å². The Kier molecular flexibility index (Phi) is 5.16. The average Bonchev–Trinajstić information content (AvgIpc) is 3.11. The summed E-state index contributed by atoms with van der Waals surface area (Å²) in [5.74, 6) is 1.33. The number of furan rings is 1. The monoisotopic (exact) mass is 354 g/mol. The van der Waals surface area contributed by atoms with Crippen molar-refractivity contribution >= 4 is 23.7 Å². The summed E-state index contributed by atoms with van der Waals surface area (Å²) in [6.45, 7) is 0. The zero-order chi connectivity index (χ0) is 17.6. The molecule has 3 aromatic rings. The van der Waals surface area contributed by atoms with Crippen LogP contribution < -0.4 is 10.2 Å². The second-order valence-corrected chi connectivity index (χ2v) is 5.54. The van der Waals surface area contributed by atoms with Gasteiger partial charge in [0, 0.05) is 10.6 Å². The van der Waals surface area contributed by atoms with Gasteiger partial charge >= 0.3 is 0 Å². The molecule has 1 heterocycles. The Morgan fingerprint density at radius 1 is 1.12 bits per heavy atom. The molecule has 0 aliphatic rings. The Hall–Kier alpha value is -3.05. The number of hydrogen-bond donors (Lipinski definition) is 1. The van der Waals surface area contributed by atoms with E-state index in [1.165, 1.54) is 13.3 Å². The maximum atomic E-state index is 12.1. The van der Waals surface area contributed by atoms with E-state index in [4.69, 9.17) is 20.8 Å². The highest BCUT2D eigenvalue weighted by molar-refractivity contribution is 6.30. The van der Waals surface area contributed by atoms with Gasteiger partial charge in [-0.15, -0.1) is 0 Å². The summed E-state index contributed by atoms with van der Waals surface area (Å²) in [7, 11) is 1.51. The van der Waals surface area contributed by atoms with Crippen molar-refractivity contribution in [2.45, 2.75) is 0 Å². The van der Waals surface area contributed by atoms with Gasteiger partial charge in [0.2, 0.25) is 0 Å². The molecule has 0 fully saturated rings. The maximum Gasteiger partial charge on any atom is 0.275 e. The lowest BCUT2D eigenvalue weighted by Gasteiger charge is -2.05. The van der Waals surface area contributed by atoms with Gasteiger partial charge in [0.15, 0.2) is 0 Å². The van der Waals surface area contributed by atoms with Crippen LogP contribution in [0.15, 0.2) is 70.2 Å². The Labute approximate surface area is 149 Å². The van der Waals surface area contributed by atoms with E-state index < -0.39 is 0 Å². The van der Waals surface area contributed by atoms with E-state index >= 15 is 0 Å². The van der Waals surface area contributed by atoms with Crippen LogP contribution >= 0.6 is 11.6 Å². The van der Waals surface area contributed by atoms with E-state index in [-0.39, 0.29) is 5.91 Å². The first-order valence-electron chi connectivity index (χ1n) is 7.49. The lowest BCUT2D eigenvalue weighted by molar-refractivity contribution is 0.0952. The first kappa shape index (κ1) is 16.8. The van der Waals surface area contributed by atoms with Gasteiger partial charge in [0.05, 0.1) is 18.9 Å². The molecule has 0 aliphatic carbocycles. The first-order chi connectivity index (χ1) is 12.2. The SMILES string of the molecule is COc1ccccc1C(=O)N/N=C\c1ccc(-c2ccc(Cl)cc2)o1. The van der Waals surface area contributed by atoms with Crippen molar-refractivity contribution < 1.29 is 13.9 Å². The van der Waals surface area contributed by atoms with Gasteiger partial charge in [-0.05, 0) is 48.5 Å². The van der Waals surface area contributed by atoms with Gasteiger partial charge < -0.3 is 9.15 Å². The highest BCUT2D eigenvalue weighted by Gasteiger charge is 2.10. The number of halogens is 1. The zero-order valence-electron chi connectivity index (χ0n) is 13.4. The molecule has 0 spiro atoms. The van der Waals surface area contributed by atoms with Crippen molar-refractivity contribution in [1.82, 2.24) is 5.43 Å². The van der Waals surface area contributed by atoms with Crippen LogP contribution in [0.1, 0.15) is 16.1 Å². The smallest absolute Gasteiger partial charge is 0.275 e. The summed E-state index contributed by atoms with van der Waals surface area (Å²) in [6.07, 6.45) is 1.44. The zero-order valence-corrected chi connectivity index (χ0v) is 14.2. The third kappa shape index (κ3) is 4.08. The number of rotatable bonds is 5. The number of carbonyl (C=O) groups is 1. The van der Waals surface area contributed by atoms with Gasteiger partial charge in [-0.3, -0.25) is 4.79 Å². The second kappa shape index (κ2) is 7.68. The molecule has 25 heavy (non-hydrogen) atoms. The van der Waals surface area contributed by atoms with Crippen LogP contribution in [0.4, 0.5) is 0 Å². The molecule has 2 aromatic carbocycles. The quantitative estimate of drug-likeness (QED) is 0.546. The molecule has 0 aliphatic heterocycles. The standard InChI is InChI=1S/C19H15ClN2O3/c1-24-18-5-3-2-4-16(18)19(23)22-21-12-15-10-11-17(25-15)13-6-8-14(20)9-7-13/h2-12H,1H3,(H,22,23)/b21-12-. The minimum absolute atomic E-state index is 0.363. The molecule has 6 heteroatoms. The van der Waals surface area contributed by atoms with Crippen LogP contribution in [0.3, 0.4) is 0 Å². The molecule has 1 amide bonds. The molecule has 3 rings (SSSR count). The summed E-state index contributed by atoms with van der Waals surface area (Å²) < 4.78 is 10.8. The topological polar surface area (TPSA) is 63.8 Å². The van der Waals surface area contributed by atoms with Gasteiger partial charge in [-0.1, -0.05) is 23.7 Å². The third-order valence-electron chi connectivity index (χ3n) is 3.47. The van der Waals surface area contributed by atoms with Gasteiger partial charge in [-0.25, -0.2) is 5.43 Å². The maximum absolute atomic E-state index is 12.1. The van der Waals surface area contributed by atoms with Crippen LogP contribution in [0.5, 0.6) is 5.75 Å². The van der Waals surface area contributed by atoms with Crippen LogP contribution in [0, 0.1) is 0 Å². The van der Waals surface area contributed by atoms with Crippen molar-refractivity contribution in [2.24, 2.45) is 5.10 Å². The highest BCUT2D eigenvalue weighted by Crippen LogP contribution is 2.23. The Balaban J connectivity index is 1.67. The predicted octanol–water partition coefficient (Wildman–Crippen LogP) is 4.37. The minimum Gasteiger partial charge on any atom is -0.496 e.